The summed E-state index contributed by atoms with van der Waals surface area (Å²) < 4.78 is 15.7. The minimum Gasteiger partial charge on any atom is -0.497 e. The van der Waals surface area contributed by atoms with E-state index in [1.165, 1.54) is 13.2 Å². The summed E-state index contributed by atoms with van der Waals surface area (Å²) in [4.78, 5) is 28.6. The van der Waals surface area contributed by atoms with Gasteiger partial charge in [-0.15, -0.1) is 0 Å². The molecule has 1 heterocycles. The number of carbonyl (C=O) groups is 2. The van der Waals surface area contributed by atoms with E-state index in [0.717, 1.165) is 11.1 Å². The highest BCUT2D eigenvalue weighted by Crippen LogP contribution is 2.29. The highest BCUT2D eigenvalue weighted by Gasteiger charge is 2.15. The molecule has 7 nitrogen and oxygen atoms in total. The molecule has 0 atom stereocenters. The van der Waals surface area contributed by atoms with Crippen molar-refractivity contribution in [2.75, 3.05) is 26.1 Å². The third kappa shape index (κ3) is 4.63. The lowest BCUT2D eigenvalue weighted by atomic mass is 10.1. The molecule has 0 bridgehead atoms. The maximum Gasteiger partial charge on any atom is 0.356 e. The van der Waals surface area contributed by atoms with E-state index in [9.17, 15) is 9.59 Å². The Morgan fingerprint density at radius 2 is 1.79 bits per heavy atom. The Balaban J connectivity index is 1.84. The minimum atomic E-state index is -0.591. The second-order valence-electron chi connectivity index (χ2n) is 6.52. The van der Waals surface area contributed by atoms with E-state index in [0.29, 0.717) is 28.1 Å². The number of benzene rings is 2. The van der Waals surface area contributed by atoms with Crippen molar-refractivity contribution in [2.24, 2.45) is 0 Å². The molecule has 1 amide bonds. The van der Waals surface area contributed by atoms with Crippen molar-refractivity contribution >= 4 is 28.5 Å². The maximum atomic E-state index is 12.3. The van der Waals surface area contributed by atoms with Crippen LogP contribution in [0, 0.1) is 13.8 Å². The molecule has 150 valence electrons. The van der Waals surface area contributed by atoms with Gasteiger partial charge in [0.15, 0.2) is 12.3 Å². The van der Waals surface area contributed by atoms with Crippen LogP contribution in [0.1, 0.15) is 21.6 Å². The predicted octanol–water partition coefficient (Wildman–Crippen LogP) is 3.66. The first kappa shape index (κ1) is 20.1. The molecule has 0 saturated carbocycles. The highest BCUT2D eigenvalue weighted by atomic mass is 16.5. The molecular formula is C22H22N2O5. The van der Waals surface area contributed by atoms with E-state index in [1.54, 1.807) is 25.3 Å². The van der Waals surface area contributed by atoms with Gasteiger partial charge in [-0.3, -0.25) is 4.79 Å². The molecule has 0 fully saturated rings. The number of esters is 1. The second-order valence-corrected chi connectivity index (χ2v) is 6.52. The number of amides is 1. The first-order chi connectivity index (χ1) is 13.9. The predicted molar refractivity (Wildman–Crippen MR) is 110 cm³/mol. The number of hydrogen-bond donors (Lipinski definition) is 1. The first-order valence-electron chi connectivity index (χ1n) is 8.98. The Bertz CT molecular complexity index is 1080. The number of pyridine rings is 1. The number of nitrogens with one attached hydrogen (secondary N) is 1. The van der Waals surface area contributed by atoms with Crippen molar-refractivity contribution in [3.05, 3.63) is 59.3 Å². The fourth-order valence-electron chi connectivity index (χ4n) is 2.79. The molecule has 0 unspecified atom stereocenters. The number of carbonyl (C=O) groups excluding carboxylic acids is 2. The molecular weight excluding hydrogens is 372 g/mol. The third-order valence-electron chi connectivity index (χ3n) is 4.52. The number of anilines is 1. The van der Waals surface area contributed by atoms with Gasteiger partial charge in [-0.1, -0.05) is 6.07 Å². The van der Waals surface area contributed by atoms with Gasteiger partial charge in [-0.25, -0.2) is 9.78 Å². The normalized spacial score (nSPS) is 10.5. The Morgan fingerprint density at radius 1 is 1.00 bits per heavy atom. The smallest absolute Gasteiger partial charge is 0.356 e. The van der Waals surface area contributed by atoms with Gasteiger partial charge >= 0.3 is 5.97 Å². The standard InChI is InChI=1S/C22H22N2O5/c1-13-5-6-15(9-14(13)2)23-21(25)12-29-20-11-19(22(26)28-4)24-18-8-7-16(27-3)10-17(18)20/h5-11H,12H2,1-4H3,(H,23,25). The average Bonchev–Trinajstić information content (AvgIpc) is 2.73. The van der Waals surface area contributed by atoms with Crippen molar-refractivity contribution in [1.82, 2.24) is 4.98 Å². The van der Waals surface area contributed by atoms with Crippen molar-refractivity contribution < 1.29 is 23.8 Å². The molecule has 0 radical (unpaired) electrons. The minimum absolute atomic E-state index is 0.0923. The van der Waals surface area contributed by atoms with Crippen LogP contribution in [-0.4, -0.2) is 37.7 Å². The lowest BCUT2D eigenvalue weighted by molar-refractivity contribution is -0.118. The number of ether oxygens (including phenoxy) is 3. The van der Waals surface area contributed by atoms with Crippen LogP contribution in [-0.2, 0) is 9.53 Å². The van der Waals surface area contributed by atoms with Gasteiger partial charge in [0.25, 0.3) is 5.91 Å². The van der Waals surface area contributed by atoms with Gasteiger partial charge in [0.1, 0.15) is 11.5 Å². The summed E-state index contributed by atoms with van der Waals surface area (Å²) >= 11 is 0. The Kier molecular flexibility index (Phi) is 5.97. The summed E-state index contributed by atoms with van der Waals surface area (Å²) in [6.45, 7) is 3.75. The van der Waals surface area contributed by atoms with E-state index in [1.807, 2.05) is 32.0 Å². The summed E-state index contributed by atoms with van der Waals surface area (Å²) in [6, 6.07) is 12.3. The van der Waals surface area contributed by atoms with Crippen LogP contribution >= 0.6 is 0 Å². The number of aromatic nitrogens is 1. The molecule has 0 aliphatic carbocycles. The van der Waals surface area contributed by atoms with E-state index >= 15 is 0 Å². The maximum absolute atomic E-state index is 12.3. The molecule has 0 aliphatic heterocycles. The van der Waals surface area contributed by atoms with E-state index in [4.69, 9.17) is 14.2 Å². The van der Waals surface area contributed by atoms with Gasteiger partial charge < -0.3 is 19.5 Å². The lowest BCUT2D eigenvalue weighted by Crippen LogP contribution is -2.20. The third-order valence-corrected chi connectivity index (χ3v) is 4.52. The summed E-state index contributed by atoms with van der Waals surface area (Å²) in [7, 11) is 2.83. The Hall–Kier alpha value is -3.61. The lowest BCUT2D eigenvalue weighted by Gasteiger charge is -2.12. The van der Waals surface area contributed by atoms with Crippen LogP contribution in [0.25, 0.3) is 10.9 Å². The zero-order chi connectivity index (χ0) is 21.0. The fourth-order valence-corrected chi connectivity index (χ4v) is 2.79. The molecule has 0 aliphatic rings. The number of aryl methyl sites for hydroxylation is 2. The van der Waals surface area contributed by atoms with Crippen molar-refractivity contribution in [1.29, 1.82) is 0 Å². The summed E-state index contributed by atoms with van der Waals surface area (Å²) in [5.74, 6) is 0.0342. The van der Waals surface area contributed by atoms with Crippen LogP contribution in [0.15, 0.2) is 42.5 Å². The number of methoxy groups -OCH3 is 2. The molecule has 7 heteroatoms. The zero-order valence-corrected chi connectivity index (χ0v) is 16.7. The Labute approximate surface area is 168 Å². The van der Waals surface area contributed by atoms with Gasteiger partial charge in [0.2, 0.25) is 0 Å². The summed E-state index contributed by atoms with van der Waals surface area (Å²) in [5.41, 5.74) is 3.54. The van der Waals surface area contributed by atoms with Gasteiger partial charge in [0.05, 0.1) is 19.7 Å². The van der Waals surface area contributed by atoms with Crippen LogP contribution < -0.4 is 14.8 Å². The SMILES string of the molecule is COC(=O)c1cc(OCC(=O)Nc2ccc(C)c(C)c2)c2cc(OC)ccc2n1. The van der Waals surface area contributed by atoms with Crippen LogP contribution in [0.3, 0.4) is 0 Å². The number of fused-ring (bicyclic) bond motifs is 1. The second kappa shape index (κ2) is 8.60. The molecule has 1 N–H and O–H groups in total. The number of hydrogen-bond acceptors (Lipinski definition) is 6. The van der Waals surface area contributed by atoms with Gasteiger partial charge in [-0.05, 0) is 55.3 Å². The van der Waals surface area contributed by atoms with E-state index in [-0.39, 0.29) is 18.2 Å². The summed E-state index contributed by atoms with van der Waals surface area (Å²) in [5, 5.41) is 3.42. The zero-order valence-electron chi connectivity index (χ0n) is 16.7. The fraction of sp³-hybridized carbons (Fsp3) is 0.227. The van der Waals surface area contributed by atoms with E-state index < -0.39 is 5.97 Å². The quantitative estimate of drug-likeness (QED) is 0.642. The van der Waals surface area contributed by atoms with Crippen LogP contribution in [0.4, 0.5) is 5.69 Å². The molecule has 3 aromatic rings. The molecule has 29 heavy (non-hydrogen) atoms. The highest BCUT2D eigenvalue weighted by molar-refractivity contribution is 5.95. The Morgan fingerprint density at radius 3 is 2.48 bits per heavy atom. The first-order valence-corrected chi connectivity index (χ1v) is 8.98. The largest absolute Gasteiger partial charge is 0.497 e. The van der Waals surface area contributed by atoms with Gasteiger partial charge in [0, 0.05) is 17.1 Å². The van der Waals surface area contributed by atoms with E-state index in [2.05, 4.69) is 10.3 Å². The molecule has 1 aromatic heterocycles. The monoisotopic (exact) mass is 394 g/mol. The van der Waals surface area contributed by atoms with Crippen molar-refractivity contribution in [3.63, 3.8) is 0 Å². The summed E-state index contributed by atoms with van der Waals surface area (Å²) in [6.07, 6.45) is 0. The van der Waals surface area contributed by atoms with Crippen molar-refractivity contribution in [3.8, 4) is 11.5 Å². The molecule has 3 rings (SSSR count). The molecule has 0 spiro atoms. The average molecular weight is 394 g/mol. The number of rotatable bonds is 6. The number of nitrogens with zero attached hydrogens (tertiary/aromatic N) is 1. The van der Waals surface area contributed by atoms with Crippen molar-refractivity contribution in [2.45, 2.75) is 13.8 Å². The molecule has 0 saturated heterocycles. The molecule has 2 aromatic carbocycles. The van der Waals surface area contributed by atoms with Crippen LogP contribution in [0.2, 0.25) is 0 Å². The van der Waals surface area contributed by atoms with Crippen LogP contribution in [0.5, 0.6) is 11.5 Å². The van der Waals surface area contributed by atoms with Gasteiger partial charge in [-0.2, -0.15) is 0 Å². The topological polar surface area (TPSA) is 86.8 Å².